The Morgan fingerprint density at radius 2 is 1.95 bits per heavy atom. The summed E-state index contributed by atoms with van der Waals surface area (Å²) in [6, 6.07) is -0.562. The lowest BCUT2D eigenvalue weighted by atomic mass is 10.1. The van der Waals surface area contributed by atoms with E-state index in [9.17, 15) is 9.59 Å². The Bertz CT molecular complexity index is 386. The van der Waals surface area contributed by atoms with E-state index in [2.05, 4.69) is 5.32 Å². The average Bonchev–Trinajstić information content (AvgIpc) is 2.81. The first-order valence-electron chi connectivity index (χ1n) is 7.08. The van der Waals surface area contributed by atoms with Crippen LogP contribution in [-0.2, 0) is 19.1 Å². The molecule has 3 N–H and O–H groups in total. The number of carbonyl (C=O) groups excluding carboxylic acids is 1. The molecule has 0 unspecified atom stereocenters. The summed E-state index contributed by atoms with van der Waals surface area (Å²) in [5.74, 6) is -0.862. The minimum absolute atomic E-state index is 0.0358. The molecule has 0 aromatic rings. The van der Waals surface area contributed by atoms with Gasteiger partial charge in [-0.05, 0) is 13.5 Å². The third-order valence-corrected chi connectivity index (χ3v) is 3.67. The van der Waals surface area contributed by atoms with Gasteiger partial charge in [0.25, 0.3) is 6.47 Å². The highest BCUT2D eigenvalue weighted by atomic mass is 16.5. The highest BCUT2D eigenvalue weighted by Crippen LogP contribution is 2.15. The summed E-state index contributed by atoms with van der Waals surface area (Å²) in [5, 5.41) is 18.8. The minimum atomic E-state index is -0.826. The second kappa shape index (κ2) is 9.34. The quantitative estimate of drug-likeness (QED) is 0.525. The summed E-state index contributed by atoms with van der Waals surface area (Å²) >= 11 is 0. The molecule has 0 aromatic carbocycles. The number of nitrogens with zero attached hydrogens (tertiary/aromatic N) is 2. The zero-order valence-electron chi connectivity index (χ0n) is 12.6. The van der Waals surface area contributed by atoms with Crippen LogP contribution < -0.4 is 5.32 Å². The molecule has 2 saturated heterocycles. The Morgan fingerprint density at radius 1 is 1.36 bits per heavy atom. The normalized spacial score (nSPS) is 25.9. The summed E-state index contributed by atoms with van der Waals surface area (Å²) in [6.45, 7) is 3.58. The molecule has 0 spiro atoms. The Kier molecular flexibility index (Phi) is 7.78. The molecular weight excluding hydrogens is 294 g/mol. The van der Waals surface area contributed by atoms with Crippen LogP contribution >= 0.6 is 0 Å². The fourth-order valence-electron chi connectivity index (χ4n) is 2.63. The molecule has 0 radical (unpaired) electrons. The van der Waals surface area contributed by atoms with Crippen LogP contribution in [0.2, 0.25) is 0 Å². The minimum Gasteiger partial charge on any atom is -0.483 e. The molecule has 1 amide bonds. The molecule has 2 aliphatic rings. The topological polar surface area (TPSA) is 119 Å². The Morgan fingerprint density at radius 3 is 2.45 bits per heavy atom. The molecule has 9 nitrogen and oxygen atoms in total. The molecule has 0 saturated carbocycles. The van der Waals surface area contributed by atoms with Crippen LogP contribution in [0, 0.1) is 0 Å². The molecule has 2 atom stereocenters. The smallest absolute Gasteiger partial charge is 0.320 e. The number of amides is 1. The van der Waals surface area contributed by atoms with Crippen LogP contribution in [0.4, 0.5) is 0 Å². The molecule has 126 valence electrons. The van der Waals surface area contributed by atoms with Crippen molar-refractivity contribution in [3.63, 3.8) is 0 Å². The first-order valence-corrected chi connectivity index (χ1v) is 7.08. The van der Waals surface area contributed by atoms with Gasteiger partial charge in [0, 0.05) is 25.7 Å². The maximum absolute atomic E-state index is 11.9. The van der Waals surface area contributed by atoms with Crippen molar-refractivity contribution in [2.24, 2.45) is 0 Å². The van der Waals surface area contributed by atoms with E-state index in [1.54, 1.807) is 11.9 Å². The summed E-state index contributed by atoms with van der Waals surface area (Å²) in [7, 11) is 1.77. The third-order valence-electron chi connectivity index (χ3n) is 3.67. The third kappa shape index (κ3) is 5.96. The molecule has 2 aliphatic heterocycles. The number of hydrogen-bond donors (Lipinski definition) is 3. The number of carbonyl (C=O) groups is 3. The predicted octanol–water partition coefficient (Wildman–Crippen LogP) is -1.71. The number of carboxylic acid groups (broad SMARTS) is 2. The molecular formula is C13H23N3O6. The molecule has 2 rings (SSSR count). The second-order valence-corrected chi connectivity index (χ2v) is 5.29. The van der Waals surface area contributed by atoms with Crippen molar-refractivity contribution < 1.29 is 29.3 Å². The SMILES string of the molecule is CN1C[C@H](NC(=O)CN2CCOCC2)C[C@H]1C(=O)O.O=CO. The fraction of sp³-hybridized carbons (Fsp3) is 0.769. The van der Waals surface area contributed by atoms with E-state index in [0.717, 1.165) is 13.1 Å². The molecule has 0 aliphatic carbocycles. The van der Waals surface area contributed by atoms with E-state index in [4.69, 9.17) is 19.7 Å². The molecule has 9 heteroatoms. The fourth-order valence-corrected chi connectivity index (χ4v) is 2.63. The first kappa shape index (κ1) is 18.3. The zero-order chi connectivity index (χ0) is 16.5. The lowest BCUT2D eigenvalue weighted by Gasteiger charge is -2.26. The van der Waals surface area contributed by atoms with Crippen molar-refractivity contribution >= 4 is 18.3 Å². The summed E-state index contributed by atoms with van der Waals surface area (Å²) in [4.78, 5) is 35.0. The van der Waals surface area contributed by atoms with Gasteiger partial charge >= 0.3 is 5.97 Å². The van der Waals surface area contributed by atoms with Gasteiger partial charge in [-0.15, -0.1) is 0 Å². The van der Waals surface area contributed by atoms with E-state index in [1.165, 1.54) is 0 Å². The molecule has 0 aromatic heterocycles. The zero-order valence-corrected chi connectivity index (χ0v) is 12.6. The van der Waals surface area contributed by atoms with Gasteiger partial charge in [-0.2, -0.15) is 0 Å². The molecule has 2 fully saturated rings. The largest absolute Gasteiger partial charge is 0.483 e. The van der Waals surface area contributed by atoms with Crippen molar-refractivity contribution in [1.29, 1.82) is 0 Å². The predicted molar refractivity (Wildman–Crippen MR) is 76.6 cm³/mol. The van der Waals surface area contributed by atoms with Gasteiger partial charge in [0.2, 0.25) is 5.91 Å². The number of morpholine rings is 1. The molecule has 2 heterocycles. The maximum Gasteiger partial charge on any atom is 0.320 e. The number of nitrogens with one attached hydrogen (secondary N) is 1. The number of hydrogen-bond acceptors (Lipinski definition) is 6. The maximum atomic E-state index is 11.9. The van der Waals surface area contributed by atoms with Gasteiger partial charge in [-0.1, -0.05) is 0 Å². The van der Waals surface area contributed by atoms with Crippen LogP contribution in [0.1, 0.15) is 6.42 Å². The number of carboxylic acids is 1. The van der Waals surface area contributed by atoms with Gasteiger partial charge in [0.15, 0.2) is 0 Å². The second-order valence-electron chi connectivity index (χ2n) is 5.29. The van der Waals surface area contributed by atoms with Crippen LogP contribution in [0.3, 0.4) is 0 Å². The number of likely N-dealkylation sites (tertiary alicyclic amines) is 1. The molecule has 22 heavy (non-hydrogen) atoms. The van der Waals surface area contributed by atoms with Crippen molar-refractivity contribution in [3.8, 4) is 0 Å². The van der Waals surface area contributed by atoms with Crippen molar-refractivity contribution in [2.45, 2.75) is 18.5 Å². The van der Waals surface area contributed by atoms with E-state index in [1.807, 2.05) is 4.90 Å². The van der Waals surface area contributed by atoms with Crippen molar-refractivity contribution in [1.82, 2.24) is 15.1 Å². The van der Waals surface area contributed by atoms with E-state index in [-0.39, 0.29) is 18.4 Å². The molecule has 0 bridgehead atoms. The lowest BCUT2D eigenvalue weighted by molar-refractivity contribution is -0.141. The summed E-state index contributed by atoms with van der Waals surface area (Å²) < 4.78 is 5.22. The van der Waals surface area contributed by atoms with Crippen LogP contribution in [0.25, 0.3) is 0 Å². The Balaban J connectivity index is 0.000000745. The van der Waals surface area contributed by atoms with E-state index in [0.29, 0.717) is 32.7 Å². The lowest BCUT2D eigenvalue weighted by Crippen LogP contribution is -2.46. The van der Waals surface area contributed by atoms with Gasteiger partial charge < -0.3 is 20.3 Å². The highest BCUT2D eigenvalue weighted by molar-refractivity contribution is 5.79. The Hall–Kier alpha value is -1.71. The van der Waals surface area contributed by atoms with Crippen LogP contribution in [0.5, 0.6) is 0 Å². The standard InChI is InChI=1S/C12H21N3O4.CH2O2/c1-14-7-9(6-10(14)12(17)18)13-11(16)8-15-2-4-19-5-3-15;2-1-3/h9-10H,2-8H2,1H3,(H,13,16)(H,17,18);1H,(H,2,3)/t9-,10+;/m1./s1. The number of likely N-dealkylation sites (N-methyl/N-ethyl adjacent to an activating group) is 1. The van der Waals surface area contributed by atoms with Crippen molar-refractivity contribution in [3.05, 3.63) is 0 Å². The van der Waals surface area contributed by atoms with Crippen molar-refractivity contribution in [2.75, 3.05) is 46.4 Å². The average molecular weight is 317 g/mol. The van der Waals surface area contributed by atoms with Gasteiger partial charge in [0.05, 0.1) is 19.8 Å². The number of ether oxygens (including phenoxy) is 1. The number of aliphatic carboxylic acids is 1. The highest BCUT2D eigenvalue weighted by Gasteiger charge is 2.35. The monoisotopic (exact) mass is 317 g/mol. The van der Waals surface area contributed by atoms with Crippen LogP contribution in [-0.4, -0.2) is 96.9 Å². The van der Waals surface area contributed by atoms with Gasteiger partial charge in [0.1, 0.15) is 6.04 Å². The van der Waals surface area contributed by atoms with Crippen LogP contribution in [0.15, 0.2) is 0 Å². The van der Waals surface area contributed by atoms with E-state index >= 15 is 0 Å². The van der Waals surface area contributed by atoms with Gasteiger partial charge in [-0.25, -0.2) is 0 Å². The first-order chi connectivity index (χ1) is 10.5. The van der Waals surface area contributed by atoms with Gasteiger partial charge in [-0.3, -0.25) is 24.2 Å². The van der Waals surface area contributed by atoms with E-state index < -0.39 is 12.0 Å². The Labute approximate surface area is 128 Å². The number of rotatable bonds is 4. The summed E-state index contributed by atoms with van der Waals surface area (Å²) in [5.41, 5.74) is 0. The summed E-state index contributed by atoms with van der Waals surface area (Å²) in [6.07, 6.45) is 0.473.